The van der Waals surface area contributed by atoms with Gasteiger partial charge in [0.15, 0.2) is 5.82 Å². The fourth-order valence-corrected chi connectivity index (χ4v) is 2.94. The molecule has 0 aliphatic carbocycles. The van der Waals surface area contributed by atoms with Gasteiger partial charge in [0.2, 0.25) is 5.89 Å². The summed E-state index contributed by atoms with van der Waals surface area (Å²) >= 11 is 0. The highest BCUT2D eigenvalue weighted by atomic mass is 16.5. The van der Waals surface area contributed by atoms with Crippen LogP contribution in [0.5, 0.6) is 0 Å². The van der Waals surface area contributed by atoms with E-state index in [1.54, 1.807) is 11.7 Å². The van der Waals surface area contributed by atoms with Gasteiger partial charge in [0.05, 0.1) is 5.69 Å². The molecule has 3 heterocycles. The summed E-state index contributed by atoms with van der Waals surface area (Å²) < 4.78 is 7.00. The molecule has 0 unspecified atom stereocenters. The lowest BCUT2D eigenvalue weighted by atomic mass is 10.0. The van der Waals surface area contributed by atoms with Crippen LogP contribution in [0.4, 0.5) is 0 Å². The van der Waals surface area contributed by atoms with Gasteiger partial charge in [0.25, 0.3) is 5.91 Å². The largest absolute Gasteiger partial charge is 0.337 e. The molecule has 0 N–H and O–H groups in total. The predicted octanol–water partition coefficient (Wildman–Crippen LogP) is 2.04. The number of carbonyl (C=O) groups excluding carboxylic acids is 1. The highest BCUT2D eigenvalue weighted by molar-refractivity contribution is 5.93. The standard InChI is InChI=1S/C15H21N5O2/c1-4-13-16-14(22-18-13)11-7-5-6-8-20(11)15(21)12-9-10(2)17-19(12)3/h9,11H,4-8H2,1-3H3/t11-/m0/s1. The summed E-state index contributed by atoms with van der Waals surface area (Å²) in [6.07, 6.45) is 3.63. The topological polar surface area (TPSA) is 77.0 Å². The minimum atomic E-state index is -0.135. The SMILES string of the molecule is CCc1noc([C@@H]2CCCCN2C(=O)c2cc(C)nn2C)n1. The van der Waals surface area contributed by atoms with Gasteiger partial charge in [-0.3, -0.25) is 9.48 Å². The van der Waals surface area contributed by atoms with E-state index in [-0.39, 0.29) is 11.9 Å². The minimum absolute atomic E-state index is 0.0240. The van der Waals surface area contributed by atoms with Crippen LogP contribution in [0.3, 0.4) is 0 Å². The molecule has 1 aliphatic heterocycles. The number of likely N-dealkylation sites (tertiary alicyclic amines) is 1. The van der Waals surface area contributed by atoms with E-state index in [1.165, 1.54) is 0 Å². The maximum atomic E-state index is 12.9. The van der Waals surface area contributed by atoms with Crippen molar-refractivity contribution in [3.63, 3.8) is 0 Å². The average Bonchev–Trinajstić information content (AvgIpc) is 3.13. The van der Waals surface area contributed by atoms with E-state index in [4.69, 9.17) is 4.52 Å². The van der Waals surface area contributed by atoms with Gasteiger partial charge in [0.1, 0.15) is 11.7 Å². The summed E-state index contributed by atoms with van der Waals surface area (Å²) in [5.74, 6) is 1.21. The van der Waals surface area contributed by atoms with E-state index in [2.05, 4.69) is 15.2 Å². The quantitative estimate of drug-likeness (QED) is 0.867. The van der Waals surface area contributed by atoms with Crippen molar-refractivity contribution in [3.8, 4) is 0 Å². The van der Waals surface area contributed by atoms with Crippen LogP contribution >= 0.6 is 0 Å². The first-order valence-corrected chi connectivity index (χ1v) is 7.74. The Labute approximate surface area is 129 Å². The molecule has 2 aromatic heterocycles. The van der Waals surface area contributed by atoms with Gasteiger partial charge in [0, 0.05) is 20.0 Å². The fraction of sp³-hybridized carbons (Fsp3) is 0.600. The predicted molar refractivity (Wildman–Crippen MR) is 79.2 cm³/mol. The fourth-order valence-electron chi connectivity index (χ4n) is 2.94. The van der Waals surface area contributed by atoms with Crippen LogP contribution in [0.2, 0.25) is 0 Å². The lowest BCUT2D eigenvalue weighted by Crippen LogP contribution is -2.39. The number of rotatable bonds is 3. The Hall–Kier alpha value is -2.18. The van der Waals surface area contributed by atoms with Crippen LogP contribution in [-0.2, 0) is 13.5 Å². The van der Waals surface area contributed by atoms with E-state index in [0.717, 1.165) is 31.4 Å². The van der Waals surface area contributed by atoms with E-state index in [9.17, 15) is 4.79 Å². The van der Waals surface area contributed by atoms with Crippen LogP contribution in [0, 0.1) is 6.92 Å². The monoisotopic (exact) mass is 303 g/mol. The smallest absolute Gasteiger partial charge is 0.272 e. The molecule has 1 amide bonds. The van der Waals surface area contributed by atoms with Gasteiger partial charge in [-0.1, -0.05) is 12.1 Å². The molecule has 7 nitrogen and oxygen atoms in total. The summed E-state index contributed by atoms with van der Waals surface area (Å²) in [6, 6.07) is 1.68. The molecular formula is C15H21N5O2. The second kappa shape index (κ2) is 5.90. The molecule has 1 saturated heterocycles. The Bertz CT molecular complexity index is 675. The second-order valence-electron chi connectivity index (χ2n) is 5.71. The van der Waals surface area contributed by atoms with Crippen molar-refractivity contribution in [2.24, 2.45) is 7.05 Å². The number of carbonyl (C=O) groups is 1. The van der Waals surface area contributed by atoms with Gasteiger partial charge in [-0.05, 0) is 32.3 Å². The molecule has 0 spiro atoms. The number of amides is 1. The van der Waals surface area contributed by atoms with Gasteiger partial charge >= 0.3 is 0 Å². The Kier molecular flexibility index (Phi) is 3.96. The van der Waals surface area contributed by atoms with E-state index >= 15 is 0 Å². The van der Waals surface area contributed by atoms with Crippen LogP contribution in [-0.4, -0.2) is 37.3 Å². The van der Waals surface area contributed by atoms with Crippen LogP contribution in [0.1, 0.15) is 60.1 Å². The zero-order valence-electron chi connectivity index (χ0n) is 13.2. The van der Waals surface area contributed by atoms with Crippen LogP contribution < -0.4 is 0 Å². The number of aromatic nitrogens is 4. The van der Waals surface area contributed by atoms with Gasteiger partial charge in [-0.15, -0.1) is 0 Å². The average molecular weight is 303 g/mol. The van der Waals surface area contributed by atoms with Crippen molar-refractivity contribution in [2.45, 2.75) is 45.6 Å². The number of hydrogen-bond acceptors (Lipinski definition) is 5. The summed E-state index contributed by atoms with van der Waals surface area (Å²) in [6.45, 7) is 4.57. The summed E-state index contributed by atoms with van der Waals surface area (Å²) in [7, 11) is 1.79. The Balaban J connectivity index is 1.89. The molecule has 0 bridgehead atoms. The molecule has 1 aliphatic rings. The number of hydrogen-bond donors (Lipinski definition) is 0. The van der Waals surface area contributed by atoms with Crippen LogP contribution in [0.25, 0.3) is 0 Å². The van der Waals surface area contributed by atoms with Crippen molar-refractivity contribution in [3.05, 3.63) is 29.2 Å². The van der Waals surface area contributed by atoms with E-state index < -0.39 is 0 Å². The number of piperidine rings is 1. The minimum Gasteiger partial charge on any atom is -0.337 e. The normalized spacial score (nSPS) is 18.7. The third-order valence-corrected chi connectivity index (χ3v) is 4.07. The van der Waals surface area contributed by atoms with Crippen molar-refractivity contribution in [1.82, 2.24) is 24.8 Å². The molecule has 0 radical (unpaired) electrons. The zero-order valence-corrected chi connectivity index (χ0v) is 13.2. The third-order valence-electron chi connectivity index (χ3n) is 4.07. The number of aryl methyl sites for hydroxylation is 3. The number of nitrogens with zero attached hydrogens (tertiary/aromatic N) is 5. The maximum absolute atomic E-state index is 12.9. The molecule has 1 fully saturated rings. The van der Waals surface area contributed by atoms with Gasteiger partial charge < -0.3 is 9.42 Å². The van der Waals surface area contributed by atoms with Crippen molar-refractivity contribution in [2.75, 3.05) is 6.54 Å². The Morgan fingerprint density at radius 2 is 2.27 bits per heavy atom. The lowest BCUT2D eigenvalue weighted by Gasteiger charge is -2.33. The molecule has 1 atom stereocenters. The molecule has 3 rings (SSSR count). The lowest BCUT2D eigenvalue weighted by molar-refractivity contribution is 0.0550. The van der Waals surface area contributed by atoms with E-state index in [0.29, 0.717) is 24.0 Å². The first-order valence-electron chi connectivity index (χ1n) is 7.74. The molecule has 118 valence electrons. The Morgan fingerprint density at radius 1 is 1.45 bits per heavy atom. The first kappa shape index (κ1) is 14.7. The molecular weight excluding hydrogens is 282 g/mol. The Morgan fingerprint density at radius 3 is 2.91 bits per heavy atom. The van der Waals surface area contributed by atoms with Gasteiger partial charge in [-0.2, -0.15) is 10.1 Å². The van der Waals surface area contributed by atoms with Crippen molar-refractivity contribution >= 4 is 5.91 Å². The summed E-state index contributed by atoms with van der Waals surface area (Å²) in [5, 5.41) is 8.22. The first-order chi connectivity index (χ1) is 10.6. The second-order valence-corrected chi connectivity index (χ2v) is 5.71. The van der Waals surface area contributed by atoms with E-state index in [1.807, 2.05) is 24.8 Å². The third kappa shape index (κ3) is 2.63. The zero-order chi connectivity index (χ0) is 15.7. The molecule has 2 aromatic rings. The highest BCUT2D eigenvalue weighted by Crippen LogP contribution is 2.31. The van der Waals surface area contributed by atoms with Crippen molar-refractivity contribution in [1.29, 1.82) is 0 Å². The highest BCUT2D eigenvalue weighted by Gasteiger charge is 2.33. The molecule has 0 aromatic carbocycles. The molecule has 0 saturated carbocycles. The maximum Gasteiger partial charge on any atom is 0.272 e. The van der Waals surface area contributed by atoms with Gasteiger partial charge in [-0.25, -0.2) is 0 Å². The molecule has 7 heteroatoms. The molecule has 22 heavy (non-hydrogen) atoms. The summed E-state index contributed by atoms with van der Waals surface area (Å²) in [4.78, 5) is 19.1. The van der Waals surface area contributed by atoms with Crippen LogP contribution in [0.15, 0.2) is 10.6 Å². The summed E-state index contributed by atoms with van der Waals surface area (Å²) in [5.41, 5.74) is 1.44. The van der Waals surface area contributed by atoms with Crippen molar-refractivity contribution < 1.29 is 9.32 Å².